The Kier molecular flexibility index (Phi) is 5.82. The Hall–Kier alpha value is -2.37. The second kappa shape index (κ2) is 7.68. The van der Waals surface area contributed by atoms with Crippen LogP contribution in [0.5, 0.6) is 0 Å². The van der Waals surface area contributed by atoms with E-state index >= 15 is 0 Å². The first kappa shape index (κ1) is 19.0. The van der Waals surface area contributed by atoms with Crippen LogP contribution in [0.15, 0.2) is 24.3 Å². The second-order valence-corrected chi connectivity index (χ2v) is 7.49. The van der Waals surface area contributed by atoms with Crippen LogP contribution >= 0.6 is 0 Å². The summed E-state index contributed by atoms with van der Waals surface area (Å²) in [6, 6.07) is 6.95. The fraction of sp³-hybridized carbons (Fsp3) is 0.526. The lowest BCUT2D eigenvalue weighted by atomic mass is 9.95. The average Bonchev–Trinajstić information content (AvgIpc) is 2.60. The van der Waals surface area contributed by atoms with Gasteiger partial charge in [-0.1, -0.05) is 26.8 Å². The van der Waals surface area contributed by atoms with Gasteiger partial charge in [-0.25, -0.2) is 0 Å². The number of nitrogens with one attached hydrogen (secondary N) is 2. The molecule has 0 unspecified atom stereocenters. The molecule has 2 N–H and O–H groups in total. The van der Waals surface area contributed by atoms with Crippen LogP contribution in [0.1, 0.15) is 44.0 Å². The standard InChI is InChI=1S/C19H27N3O3/c1-19(2,3)18(25)21-15-9-5-7-13(11-15)17(24)22-10-6-8-14(12-22)16(23)20-4/h5,7,9,11,14H,6,8,10,12H2,1-4H3,(H,20,23)(H,21,25)/t14-/m1/s1. The monoisotopic (exact) mass is 345 g/mol. The summed E-state index contributed by atoms with van der Waals surface area (Å²) < 4.78 is 0. The van der Waals surface area contributed by atoms with E-state index in [-0.39, 0.29) is 23.6 Å². The quantitative estimate of drug-likeness (QED) is 0.882. The Morgan fingerprint density at radius 1 is 1.20 bits per heavy atom. The summed E-state index contributed by atoms with van der Waals surface area (Å²) in [6.45, 7) is 6.58. The number of carbonyl (C=O) groups excluding carboxylic acids is 3. The number of piperidine rings is 1. The zero-order valence-electron chi connectivity index (χ0n) is 15.4. The molecule has 1 fully saturated rings. The highest BCUT2D eigenvalue weighted by Crippen LogP contribution is 2.21. The minimum Gasteiger partial charge on any atom is -0.359 e. The zero-order chi connectivity index (χ0) is 18.6. The van der Waals surface area contributed by atoms with Crippen molar-refractivity contribution in [3.05, 3.63) is 29.8 Å². The molecule has 0 aromatic heterocycles. The molecule has 6 heteroatoms. The fourth-order valence-corrected chi connectivity index (χ4v) is 2.81. The van der Waals surface area contributed by atoms with Crippen LogP contribution < -0.4 is 10.6 Å². The van der Waals surface area contributed by atoms with Crippen LogP contribution in [0.4, 0.5) is 5.69 Å². The van der Waals surface area contributed by atoms with Crippen molar-refractivity contribution >= 4 is 23.4 Å². The summed E-state index contributed by atoms with van der Waals surface area (Å²) in [5, 5.41) is 5.50. The smallest absolute Gasteiger partial charge is 0.253 e. The summed E-state index contributed by atoms with van der Waals surface area (Å²) in [7, 11) is 1.62. The molecule has 1 heterocycles. The summed E-state index contributed by atoms with van der Waals surface area (Å²) in [5.74, 6) is -0.398. The van der Waals surface area contributed by atoms with E-state index in [1.165, 1.54) is 0 Å². The van der Waals surface area contributed by atoms with Crippen molar-refractivity contribution in [2.75, 3.05) is 25.5 Å². The van der Waals surface area contributed by atoms with Crippen LogP contribution in [-0.4, -0.2) is 42.8 Å². The molecule has 1 aromatic carbocycles. The van der Waals surface area contributed by atoms with Gasteiger partial charge in [0.15, 0.2) is 0 Å². The van der Waals surface area contributed by atoms with E-state index in [0.717, 1.165) is 12.8 Å². The van der Waals surface area contributed by atoms with Gasteiger partial charge < -0.3 is 15.5 Å². The highest BCUT2D eigenvalue weighted by atomic mass is 16.2. The van der Waals surface area contributed by atoms with Gasteiger partial charge in [-0.05, 0) is 31.0 Å². The van der Waals surface area contributed by atoms with Gasteiger partial charge in [0.2, 0.25) is 11.8 Å². The molecular weight excluding hydrogens is 318 g/mol. The molecule has 0 saturated carbocycles. The second-order valence-electron chi connectivity index (χ2n) is 7.49. The third kappa shape index (κ3) is 4.81. The minimum atomic E-state index is -0.506. The van der Waals surface area contributed by atoms with Gasteiger partial charge in [0.1, 0.15) is 0 Å². The maximum absolute atomic E-state index is 12.8. The molecule has 2 rings (SSSR count). The van der Waals surface area contributed by atoms with Crippen LogP contribution in [0.3, 0.4) is 0 Å². The number of hydrogen-bond donors (Lipinski definition) is 2. The first-order chi connectivity index (χ1) is 11.7. The number of hydrogen-bond acceptors (Lipinski definition) is 3. The molecule has 3 amide bonds. The minimum absolute atomic E-state index is 0.0244. The number of nitrogens with zero attached hydrogens (tertiary/aromatic N) is 1. The van der Waals surface area contributed by atoms with Gasteiger partial charge in [0.25, 0.3) is 5.91 Å². The van der Waals surface area contributed by atoms with Gasteiger partial charge in [-0.2, -0.15) is 0 Å². The van der Waals surface area contributed by atoms with E-state index in [2.05, 4.69) is 10.6 Å². The average molecular weight is 345 g/mol. The molecule has 1 saturated heterocycles. The van der Waals surface area contributed by atoms with E-state index in [0.29, 0.717) is 24.3 Å². The summed E-state index contributed by atoms with van der Waals surface area (Å²) in [4.78, 5) is 38.5. The van der Waals surface area contributed by atoms with E-state index in [4.69, 9.17) is 0 Å². The van der Waals surface area contributed by atoms with Crippen molar-refractivity contribution in [1.82, 2.24) is 10.2 Å². The molecule has 25 heavy (non-hydrogen) atoms. The van der Waals surface area contributed by atoms with E-state index < -0.39 is 5.41 Å². The Morgan fingerprint density at radius 3 is 2.56 bits per heavy atom. The van der Waals surface area contributed by atoms with E-state index in [9.17, 15) is 14.4 Å². The summed E-state index contributed by atoms with van der Waals surface area (Å²) in [6.07, 6.45) is 1.61. The molecule has 136 valence electrons. The number of amides is 3. The molecular formula is C19H27N3O3. The first-order valence-corrected chi connectivity index (χ1v) is 8.64. The van der Waals surface area contributed by atoms with E-state index in [1.807, 2.05) is 20.8 Å². The van der Waals surface area contributed by atoms with Crippen LogP contribution in [0.2, 0.25) is 0 Å². The Morgan fingerprint density at radius 2 is 1.92 bits per heavy atom. The van der Waals surface area contributed by atoms with Crippen LogP contribution in [0, 0.1) is 11.3 Å². The summed E-state index contributed by atoms with van der Waals surface area (Å²) >= 11 is 0. The summed E-state index contributed by atoms with van der Waals surface area (Å²) in [5.41, 5.74) is 0.614. The molecule has 1 aliphatic rings. The number of likely N-dealkylation sites (tertiary alicyclic amines) is 1. The van der Waals surface area contributed by atoms with Crippen molar-refractivity contribution in [2.24, 2.45) is 11.3 Å². The highest BCUT2D eigenvalue weighted by Gasteiger charge is 2.28. The third-order valence-electron chi connectivity index (χ3n) is 4.37. The fourth-order valence-electron chi connectivity index (χ4n) is 2.81. The van der Waals surface area contributed by atoms with Gasteiger partial charge in [0, 0.05) is 36.8 Å². The number of carbonyl (C=O) groups is 3. The largest absolute Gasteiger partial charge is 0.359 e. The molecule has 0 bridgehead atoms. The third-order valence-corrected chi connectivity index (χ3v) is 4.37. The van der Waals surface area contributed by atoms with Crippen molar-refractivity contribution in [3.63, 3.8) is 0 Å². The lowest BCUT2D eigenvalue weighted by Crippen LogP contribution is -2.44. The van der Waals surface area contributed by atoms with Crippen molar-refractivity contribution in [1.29, 1.82) is 0 Å². The maximum atomic E-state index is 12.8. The maximum Gasteiger partial charge on any atom is 0.253 e. The molecule has 0 spiro atoms. The van der Waals surface area contributed by atoms with Crippen molar-refractivity contribution in [3.8, 4) is 0 Å². The van der Waals surface area contributed by atoms with Crippen LogP contribution in [-0.2, 0) is 9.59 Å². The molecule has 0 aliphatic carbocycles. The Balaban J connectivity index is 2.10. The molecule has 0 radical (unpaired) electrons. The number of rotatable bonds is 3. The van der Waals surface area contributed by atoms with Gasteiger partial charge >= 0.3 is 0 Å². The Labute approximate surface area is 149 Å². The predicted octanol–water partition coefficient (Wildman–Crippen LogP) is 2.27. The van der Waals surface area contributed by atoms with Crippen LogP contribution in [0.25, 0.3) is 0 Å². The van der Waals surface area contributed by atoms with Crippen molar-refractivity contribution < 1.29 is 14.4 Å². The van der Waals surface area contributed by atoms with Gasteiger partial charge in [-0.3, -0.25) is 14.4 Å². The molecule has 1 aliphatic heterocycles. The lowest BCUT2D eigenvalue weighted by molar-refractivity contribution is -0.126. The van der Waals surface area contributed by atoms with Gasteiger partial charge in [0.05, 0.1) is 5.92 Å². The molecule has 6 nitrogen and oxygen atoms in total. The molecule has 1 aromatic rings. The SMILES string of the molecule is CNC(=O)[C@@H]1CCCN(C(=O)c2cccc(NC(=O)C(C)(C)C)c2)C1. The lowest BCUT2D eigenvalue weighted by Gasteiger charge is -2.32. The Bertz CT molecular complexity index is 664. The molecule has 1 atom stereocenters. The number of anilines is 1. The first-order valence-electron chi connectivity index (χ1n) is 8.64. The zero-order valence-corrected chi connectivity index (χ0v) is 15.4. The predicted molar refractivity (Wildman–Crippen MR) is 97.2 cm³/mol. The normalized spacial score (nSPS) is 17.8. The number of benzene rings is 1. The highest BCUT2D eigenvalue weighted by molar-refractivity contribution is 5.98. The topological polar surface area (TPSA) is 78.5 Å². The van der Waals surface area contributed by atoms with E-state index in [1.54, 1.807) is 36.2 Å². The van der Waals surface area contributed by atoms with Gasteiger partial charge in [-0.15, -0.1) is 0 Å². The van der Waals surface area contributed by atoms with Crippen molar-refractivity contribution in [2.45, 2.75) is 33.6 Å².